The van der Waals surface area contributed by atoms with Crippen molar-refractivity contribution >= 4 is 5.91 Å². The molecule has 3 rings (SSSR count). The van der Waals surface area contributed by atoms with E-state index in [1.165, 1.54) is 0 Å². The van der Waals surface area contributed by atoms with Gasteiger partial charge in [-0.05, 0) is 43.0 Å². The maximum Gasteiger partial charge on any atom is 0.244 e. The van der Waals surface area contributed by atoms with Crippen molar-refractivity contribution in [3.63, 3.8) is 0 Å². The summed E-state index contributed by atoms with van der Waals surface area (Å²) in [7, 11) is 3.64. The molecule has 1 amide bonds. The fraction of sp³-hybridized carbons (Fsp3) is 0.500. The van der Waals surface area contributed by atoms with E-state index in [-0.39, 0.29) is 12.7 Å². The number of rotatable bonds is 3. The number of ether oxygens (including phenoxy) is 2. The van der Waals surface area contributed by atoms with E-state index in [2.05, 4.69) is 5.43 Å². The Morgan fingerprint density at radius 3 is 2.47 bits per heavy atom. The molecule has 19 heavy (non-hydrogen) atoms. The second kappa shape index (κ2) is 4.13. The molecule has 1 aromatic rings. The molecule has 0 aromatic heterocycles. The van der Waals surface area contributed by atoms with Gasteiger partial charge in [0, 0.05) is 14.1 Å². The molecule has 1 N–H and O–H groups in total. The number of hydrazine groups is 1. The number of fused-ring (bicyclic) bond motifs is 1. The molecule has 5 heteroatoms. The first-order chi connectivity index (χ1) is 9.03. The molecular weight excluding hydrogens is 244 g/mol. The average molecular weight is 262 g/mol. The minimum Gasteiger partial charge on any atom is -0.454 e. The van der Waals surface area contributed by atoms with Crippen LogP contribution in [0.15, 0.2) is 12.1 Å². The zero-order valence-corrected chi connectivity index (χ0v) is 11.4. The van der Waals surface area contributed by atoms with E-state index in [4.69, 9.17) is 9.47 Å². The Kier molecular flexibility index (Phi) is 2.67. The molecule has 5 nitrogen and oxygen atoms in total. The molecule has 0 unspecified atom stereocenters. The summed E-state index contributed by atoms with van der Waals surface area (Å²) in [5.41, 5.74) is 4.60. The number of nitrogens with zero attached hydrogens (tertiary/aromatic N) is 1. The van der Waals surface area contributed by atoms with Crippen LogP contribution < -0.4 is 14.9 Å². The maximum atomic E-state index is 12.4. The summed E-state index contributed by atoms with van der Waals surface area (Å²) in [5, 5.41) is 1.69. The molecule has 1 saturated carbocycles. The van der Waals surface area contributed by atoms with E-state index >= 15 is 0 Å². The van der Waals surface area contributed by atoms with Gasteiger partial charge in [0.05, 0.1) is 5.41 Å². The fourth-order valence-corrected chi connectivity index (χ4v) is 2.61. The van der Waals surface area contributed by atoms with Crippen LogP contribution in [0.2, 0.25) is 0 Å². The topological polar surface area (TPSA) is 50.8 Å². The zero-order valence-electron chi connectivity index (χ0n) is 11.4. The van der Waals surface area contributed by atoms with Crippen LogP contribution in [0.25, 0.3) is 0 Å². The van der Waals surface area contributed by atoms with Gasteiger partial charge in [0.2, 0.25) is 12.7 Å². The van der Waals surface area contributed by atoms with Crippen molar-refractivity contribution in [1.29, 1.82) is 0 Å². The largest absolute Gasteiger partial charge is 0.454 e. The van der Waals surface area contributed by atoms with Gasteiger partial charge in [-0.25, -0.2) is 5.01 Å². The molecule has 0 radical (unpaired) electrons. The van der Waals surface area contributed by atoms with Gasteiger partial charge in [0.25, 0.3) is 0 Å². The fourth-order valence-electron chi connectivity index (χ4n) is 2.61. The van der Waals surface area contributed by atoms with Crippen molar-refractivity contribution in [2.75, 3.05) is 20.9 Å². The second-order valence-corrected chi connectivity index (χ2v) is 5.44. The molecule has 0 bridgehead atoms. The van der Waals surface area contributed by atoms with Crippen molar-refractivity contribution in [2.45, 2.75) is 25.2 Å². The summed E-state index contributed by atoms with van der Waals surface area (Å²) in [5.74, 6) is 1.56. The summed E-state index contributed by atoms with van der Waals surface area (Å²) in [6.07, 6.45) is 1.76. The van der Waals surface area contributed by atoms with E-state index in [1.807, 2.05) is 33.2 Å². The molecule has 1 heterocycles. The van der Waals surface area contributed by atoms with Gasteiger partial charge in [-0.15, -0.1) is 0 Å². The smallest absolute Gasteiger partial charge is 0.244 e. The van der Waals surface area contributed by atoms with Crippen LogP contribution in [0.4, 0.5) is 0 Å². The van der Waals surface area contributed by atoms with E-state index in [0.29, 0.717) is 0 Å². The van der Waals surface area contributed by atoms with Crippen molar-refractivity contribution < 1.29 is 14.3 Å². The van der Waals surface area contributed by atoms with Gasteiger partial charge < -0.3 is 9.47 Å². The SMILES string of the molecule is Cc1cc2c(cc1C1(C(=O)NN(C)C)CC1)OCO2. The predicted molar refractivity (Wildman–Crippen MR) is 70.0 cm³/mol. The number of benzene rings is 1. The Hall–Kier alpha value is -1.75. The van der Waals surface area contributed by atoms with E-state index < -0.39 is 5.41 Å². The van der Waals surface area contributed by atoms with Gasteiger partial charge in [-0.2, -0.15) is 0 Å². The quantitative estimate of drug-likeness (QED) is 0.835. The normalized spacial score (nSPS) is 18.5. The summed E-state index contributed by atoms with van der Waals surface area (Å²) >= 11 is 0. The third-order valence-electron chi connectivity index (χ3n) is 3.74. The van der Waals surface area contributed by atoms with Crippen LogP contribution in [0.1, 0.15) is 24.0 Å². The molecule has 0 atom stereocenters. The van der Waals surface area contributed by atoms with Crippen LogP contribution in [0, 0.1) is 6.92 Å². The van der Waals surface area contributed by atoms with E-state index in [0.717, 1.165) is 35.5 Å². The van der Waals surface area contributed by atoms with Crippen LogP contribution in [0.5, 0.6) is 11.5 Å². The number of aryl methyl sites for hydroxylation is 1. The zero-order chi connectivity index (χ0) is 13.6. The predicted octanol–water partition coefficient (Wildman–Crippen LogP) is 1.35. The number of carbonyl (C=O) groups is 1. The minimum atomic E-state index is -0.394. The Bertz CT molecular complexity index is 536. The third-order valence-corrected chi connectivity index (χ3v) is 3.74. The Morgan fingerprint density at radius 2 is 1.89 bits per heavy atom. The standard InChI is InChI=1S/C14H18N2O3/c1-9-6-11-12(19-8-18-11)7-10(9)14(4-5-14)13(17)15-16(2)3/h6-7H,4-5,8H2,1-3H3,(H,15,17). The molecule has 0 spiro atoms. The van der Waals surface area contributed by atoms with E-state index in [9.17, 15) is 4.79 Å². The second-order valence-electron chi connectivity index (χ2n) is 5.44. The lowest BCUT2D eigenvalue weighted by atomic mass is 9.90. The number of hydrogen-bond acceptors (Lipinski definition) is 4. The van der Waals surface area contributed by atoms with Crippen LogP contribution in [0.3, 0.4) is 0 Å². The highest BCUT2D eigenvalue weighted by Crippen LogP contribution is 2.52. The molecule has 1 fully saturated rings. The molecule has 1 aliphatic carbocycles. The summed E-state index contributed by atoms with van der Waals surface area (Å²) in [6.45, 7) is 2.27. The first-order valence-corrected chi connectivity index (χ1v) is 6.42. The van der Waals surface area contributed by atoms with Gasteiger partial charge in [-0.3, -0.25) is 10.2 Å². The molecule has 0 saturated heterocycles. The van der Waals surface area contributed by atoms with Gasteiger partial charge in [-0.1, -0.05) is 0 Å². The van der Waals surface area contributed by atoms with Gasteiger partial charge in [0.1, 0.15) is 0 Å². The molecule has 1 aliphatic heterocycles. The third kappa shape index (κ3) is 1.94. The van der Waals surface area contributed by atoms with Gasteiger partial charge in [0.15, 0.2) is 11.5 Å². The number of amides is 1. The van der Waals surface area contributed by atoms with E-state index in [1.54, 1.807) is 5.01 Å². The average Bonchev–Trinajstić information content (AvgIpc) is 3.02. The lowest BCUT2D eigenvalue weighted by molar-refractivity contribution is -0.127. The Morgan fingerprint density at radius 1 is 1.26 bits per heavy atom. The Labute approximate surface area is 112 Å². The highest BCUT2D eigenvalue weighted by Gasteiger charge is 2.52. The van der Waals surface area contributed by atoms with Gasteiger partial charge >= 0.3 is 0 Å². The first kappa shape index (κ1) is 12.3. The first-order valence-electron chi connectivity index (χ1n) is 6.42. The summed E-state index contributed by atoms with van der Waals surface area (Å²) < 4.78 is 10.8. The highest BCUT2D eigenvalue weighted by molar-refractivity contribution is 5.91. The summed E-state index contributed by atoms with van der Waals surface area (Å²) in [4.78, 5) is 12.4. The Balaban J connectivity index is 1.96. The molecular formula is C14H18N2O3. The van der Waals surface area contributed by atoms with Crippen molar-refractivity contribution in [3.8, 4) is 11.5 Å². The van der Waals surface area contributed by atoms with Crippen LogP contribution in [-0.2, 0) is 10.2 Å². The number of nitrogens with one attached hydrogen (secondary N) is 1. The summed E-state index contributed by atoms with van der Waals surface area (Å²) in [6, 6.07) is 3.92. The van der Waals surface area contributed by atoms with Crippen molar-refractivity contribution in [3.05, 3.63) is 23.3 Å². The molecule has 102 valence electrons. The van der Waals surface area contributed by atoms with Crippen LogP contribution >= 0.6 is 0 Å². The lowest BCUT2D eigenvalue weighted by Crippen LogP contribution is -2.43. The van der Waals surface area contributed by atoms with Crippen LogP contribution in [-0.4, -0.2) is 31.8 Å². The van der Waals surface area contributed by atoms with Crippen molar-refractivity contribution in [2.24, 2.45) is 0 Å². The molecule has 1 aromatic carbocycles. The monoisotopic (exact) mass is 262 g/mol. The number of hydrogen-bond donors (Lipinski definition) is 1. The number of carbonyl (C=O) groups excluding carboxylic acids is 1. The minimum absolute atomic E-state index is 0.0551. The highest BCUT2D eigenvalue weighted by atomic mass is 16.7. The molecule has 2 aliphatic rings. The maximum absolute atomic E-state index is 12.4. The lowest BCUT2D eigenvalue weighted by Gasteiger charge is -2.21. The van der Waals surface area contributed by atoms with Crippen molar-refractivity contribution in [1.82, 2.24) is 10.4 Å².